The Labute approximate surface area is 160 Å². The summed E-state index contributed by atoms with van der Waals surface area (Å²) in [6.07, 6.45) is 2.52. The van der Waals surface area contributed by atoms with Gasteiger partial charge in [-0.1, -0.05) is 0 Å². The number of hydrogen-bond donors (Lipinski definition) is 2. The largest absolute Gasteiger partial charge is 0.444 e. The van der Waals surface area contributed by atoms with Crippen LogP contribution in [0, 0.1) is 6.92 Å². The molecule has 2 heterocycles. The molecule has 1 unspecified atom stereocenters. The van der Waals surface area contributed by atoms with Gasteiger partial charge in [0.25, 0.3) is 0 Å². The molecule has 1 fully saturated rings. The van der Waals surface area contributed by atoms with Crippen molar-refractivity contribution >= 4 is 23.4 Å². The lowest BCUT2D eigenvalue weighted by atomic mass is 10.2. The monoisotopic (exact) mass is 381 g/mol. The van der Waals surface area contributed by atoms with E-state index in [0.717, 1.165) is 50.6 Å². The van der Waals surface area contributed by atoms with Crippen molar-refractivity contribution in [2.75, 3.05) is 26.7 Å². The van der Waals surface area contributed by atoms with Gasteiger partial charge in [0.2, 0.25) is 0 Å². The van der Waals surface area contributed by atoms with Crippen LogP contribution in [0.1, 0.15) is 44.3 Å². The maximum absolute atomic E-state index is 11.9. The molecule has 0 aliphatic carbocycles. The van der Waals surface area contributed by atoms with Crippen molar-refractivity contribution in [3.8, 4) is 0 Å². The molecular weight excluding hydrogens is 350 g/mol. The number of rotatable bonds is 5. The fourth-order valence-corrected chi connectivity index (χ4v) is 3.65. The van der Waals surface area contributed by atoms with Gasteiger partial charge in [-0.3, -0.25) is 4.99 Å². The molecule has 1 aromatic rings. The first-order valence-electron chi connectivity index (χ1n) is 9.13. The number of amides is 1. The second-order valence-electron chi connectivity index (χ2n) is 7.54. The molecular formula is C18H31N5O2S. The van der Waals surface area contributed by atoms with Gasteiger partial charge in [-0.25, -0.2) is 9.78 Å². The first-order chi connectivity index (χ1) is 12.3. The average molecular weight is 382 g/mol. The molecule has 2 rings (SSSR count). The Morgan fingerprint density at radius 1 is 1.50 bits per heavy atom. The molecule has 0 radical (unpaired) electrons. The summed E-state index contributed by atoms with van der Waals surface area (Å²) in [4.78, 5) is 22.9. The summed E-state index contributed by atoms with van der Waals surface area (Å²) in [5.74, 6) is 0.883. The average Bonchev–Trinajstić information content (AvgIpc) is 3.15. The van der Waals surface area contributed by atoms with Crippen LogP contribution in [0.3, 0.4) is 0 Å². The molecule has 1 aromatic heterocycles. The number of carbonyl (C=O) groups excluding carboxylic acids is 1. The van der Waals surface area contributed by atoms with Gasteiger partial charge in [-0.05, 0) is 40.5 Å². The predicted octanol–water partition coefficient (Wildman–Crippen LogP) is 2.56. The van der Waals surface area contributed by atoms with Gasteiger partial charge in [-0.15, -0.1) is 11.3 Å². The Kier molecular flexibility index (Phi) is 7.25. The number of likely N-dealkylation sites (tertiary alicyclic amines) is 1. The molecule has 8 heteroatoms. The molecule has 7 nitrogen and oxygen atoms in total. The highest BCUT2D eigenvalue weighted by atomic mass is 32.1. The Morgan fingerprint density at radius 2 is 2.27 bits per heavy atom. The van der Waals surface area contributed by atoms with Gasteiger partial charge in [0, 0.05) is 44.2 Å². The smallest absolute Gasteiger partial charge is 0.407 e. The van der Waals surface area contributed by atoms with Crippen molar-refractivity contribution in [1.82, 2.24) is 20.5 Å². The Bertz CT molecular complexity index is 623. The minimum Gasteiger partial charge on any atom is -0.444 e. The van der Waals surface area contributed by atoms with Crippen LogP contribution >= 0.6 is 11.3 Å². The highest BCUT2D eigenvalue weighted by Crippen LogP contribution is 2.13. The van der Waals surface area contributed by atoms with E-state index in [0.29, 0.717) is 0 Å². The number of guanidine groups is 1. The zero-order valence-corrected chi connectivity index (χ0v) is 17.3. The fourth-order valence-electron chi connectivity index (χ4n) is 2.83. The topological polar surface area (TPSA) is 78.9 Å². The Morgan fingerprint density at radius 3 is 2.88 bits per heavy atom. The second-order valence-corrected chi connectivity index (χ2v) is 8.48. The van der Waals surface area contributed by atoms with Crippen molar-refractivity contribution in [2.24, 2.45) is 4.99 Å². The van der Waals surface area contributed by atoms with E-state index in [1.54, 1.807) is 18.4 Å². The number of nitrogens with zero attached hydrogens (tertiary/aromatic N) is 3. The van der Waals surface area contributed by atoms with Crippen LogP contribution in [-0.4, -0.2) is 60.3 Å². The van der Waals surface area contributed by atoms with Gasteiger partial charge in [0.15, 0.2) is 5.96 Å². The molecule has 0 aromatic carbocycles. The van der Waals surface area contributed by atoms with E-state index >= 15 is 0 Å². The standard InChI is InChI=1S/C18H31N5O2S/c1-13-12-26-15(21-13)7-6-9-20-16(19-5)23-10-8-14(11-23)22-17(24)25-18(2,3)4/h12,14H,6-11H2,1-5H3,(H,19,20)(H,22,24). The quantitative estimate of drug-likeness (QED) is 0.466. The summed E-state index contributed by atoms with van der Waals surface area (Å²) in [7, 11) is 1.79. The number of hydrogen-bond acceptors (Lipinski definition) is 5. The van der Waals surface area contributed by atoms with E-state index in [1.807, 2.05) is 27.7 Å². The van der Waals surface area contributed by atoms with Crippen LogP contribution in [0.4, 0.5) is 4.79 Å². The normalized spacial score (nSPS) is 18.1. The predicted molar refractivity (Wildman–Crippen MR) is 106 cm³/mol. The Hall–Kier alpha value is -1.83. The van der Waals surface area contributed by atoms with Crippen molar-refractivity contribution in [3.63, 3.8) is 0 Å². The number of aryl methyl sites for hydroxylation is 2. The summed E-state index contributed by atoms with van der Waals surface area (Å²) in [6, 6.07) is 0.0849. The molecule has 0 spiro atoms. The van der Waals surface area contributed by atoms with Crippen LogP contribution in [0.25, 0.3) is 0 Å². The van der Waals surface area contributed by atoms with Gasteiger partial charge in [0.1, 0.15) is 5.60 Å². The number of ether oxygens (including phenoxy) is 1. The molecule has 26 heavy (non-hydrogen) atoms. The lowest BCUT2D eigenvalue weighted by Gasteiger charge is -2.23. The number of alkyl carbamates (subject to hydrolysis) is 1. The summed E-state index contributed by atoms with van der Waals surface area (Å²) in [6.45, 7) is 10.1. The third-order valence-corrected chi connectivity index (χ3v) is 4.96. The maximum Gasteiger partial charge on any atom is 0.407 e. The number of thiazole rings is 1. The summed E-state index contributed by atoms with van der Waals surface area (Å²) >= 11 is 1.72. The molecule has 2 N–H and O–H groups in total. The van der Waals surface area contributed by atoms with Gasteiger partial charge in [-0.2, -0.15) is 0 Å². The molecule has 1 amide bonds. The van der Waals surface area contributed by atoms with Crippen LogP contribution in [0.2, 0.25) is 0 Å². The van der Waals surface area contributed by atoms with Crippen molar-refractivity contribution in [3.05, 3.63) is 16.1 Å². The Balaban J connectivity index is 1.70. The zero-order chi connectivity index (χ0) is 19.2. The third-order valence-electron chi connectivity index (χ3n) is 3.94. The van der Waals surface area contributed by atoms with E-state index in [4.69, 9.17) is 4.74 Å². The lowest BCUT2D eigenvalue weighted by Crippen LogP contribution is -2.44. The summed E-state index contributed by atoms with van der Waals surface area (Å²) in [5, 5.41) is 9.62. The SMILES string of the molecule is CN=C(NCCCc1nc(C)cs1)N1CCC(NC(=O)OC(C)(C)C)C1. The van der Waals surface area contributed by atoms with Crippen molar-refractivity contribution in [2.45, 2.75) is 58.6 Å². The van der Waals surface area contributed by atoms with E-state index in [-0.39, 0.29) is 12.1 Å². The van der Waals surface area contributed by atoms with E-state index in [9.17, 15) is 4.79 Å². The highest BCUT2D eigenvalue weighted by molar-refractivity contribution is 7.09. The lowest BCUT2D eigenvalue weighted by molar-refractivity contribution is 0.0507. The third kappa shape index (κ3) is 6.82. The molecule has 1 atom stereocenters. The minimum absolute atomic E-state index is 0.0849. The zero-order valence-electron chi connectivity index (χ0n) is 16.5. The molecule has 146 valence electrons. The van der Waals surface area contributed by atoms with Gasteiger partial charge >= 0.3 is 6.09 Å². The number of aromatic nitrogens is 1. The van der Waals surface area contributed by atoms with Crippen LogP contribution in [0.15, 0.2) is 10.4 Å². The summed E-state index contributed by atoms with van der Waals surface area (Å²) < 4.78 is 5.33. The maximum atomic E-state index is 11.9. The van der Waals surface area contributed by atoms with E-state index in [1.165, 1.54) is 5.01 Å². The minimum atomic E-state index is -0.476. The molecule has 1 aliphatic rings. The van der Waals surface area contributed by atoms with Gasteiger partial charge in [0.05, 0.1) is 11.0 Å². The van der Waals surface area contributed by atoms with Crippen LogP contribution < -0.4 is 10.6 Å². The van der Waals surface area contributed by atoms with E-state index in [2.05, 4.69) is 30.9 Å². The first-order valence-corrected chi connectivity index (χ1v) is 10.0. The van der Waals surface area contributed by atoms with E-state index < -0.39 is 5.60 Å². The molecule has 0 saturated carbocycles. The first kappa shape index (κ1) is 20.5. The molecule has 1 saturated heterocycles. The van der Waals surface area contributed by atoms with Crippen LogP contribution in [0.5, 0.6) is 0 Å². The fraction of sp³-hybridized carbons (Fsp3) is 0.722. The van der Waals surface area contributed by atoms with Gasteiger partial charge < -0.3 is 20.3 Å². The number of aliphatic imine (C=N–C) groups is 1. The number of carbonyl (C=O) groups is 1. The second kappa shape index (κ2) is 9.21. The number of nitrogens with one attached hydrogen (secondary N) is 2. The molecule has 0 bridgehead atoms. The molecule has 1 aliphatic heterocycles. The summed E-state index contributed by atoms with van der Waals surface area (Å²) in [5.41, 5.74) is 0.616. The van der Waals surface area contributed by atoms with Crippen molar-refractivity contribution < 1.29 is 9.53 Å². The van der Waals surface area contributed by atoms with Crippen molar-refractivity contribution in [1.29, 1.82) is 0 Å². The highest BCUT2D eigenvalue weighted by Gasteiger charge is 2.27. The van der Waals surface area contributed by atoms with Crippen LogP contribution in [-0.2, 0) is 11.2 Å².